The fourth-order valence-corrected chi connectivity index (χ4v) is 3.34. The molecule has 0 spiro atoms. The number of hydrogen-bond acceptors (Lipinski definition) is 3. The molecule has 0 aromatic heterocycles. The summed E-state index contributed by atoms with van der Waals surface area (Å²) in [4.78, 5) is 12.8. The number of phenolic OH excluding ortho intramolecular Hbond substituents is 1. The Kier molecular flexibility index (Phi) is 5.39. The summed E-state index contributed by atoms with van der Waals surface area (Å²) < 4.78 is 6.12. The van der Waals surface area contributed by atoms with Crippen LogP contribution in [0.1, 0.15) is 30.4 Å². The third-order valence-corrected chi connectivity index (χ3v) is 4.98. The minimum Gasteiger partial charge on any atom is -0.504 e. The zero-order chi connectivity index (χ0) is 17.8. The van der Waals surface area contributed by atoms with Crippen molar-refractivity contribution in [3.63, 3.8) is 0 Å². The lowest BCUT2D eigenvalue weighted by molar-refractivity contribution is -0.112. The van der Waals surface area contributed by atoms with E-state index in [1.165, 1.54) is 7.11 Å². The number of ether oxygens (including phenoxy) is 1. The Hall–Kier alpha value is -2.33. The summed E-state index contributed by atoms with van der Waals surface area (Å²) in [6.45, 7) is 0. The van der Waals surface area contributed by atoms with Gasteiger partial charge in [-0.3, -0.25) is 4.79 Å². The van der Waals surface area contributed by atoms with E-state index in [9.17, 15) is 9.90 Å². The van der Waals surface area contributed by atoms with Crippen molar-refractivity contribution in [2.45, 2.75) is 19.3 Å². The monoisotopic (exact) mass is 398 g/mol. The number of carbonyl (C=O) groups is 1. The second-order valence-corrected chi connectivity index (χ2v) is 6.83. The smallest absolute Gasteiger partial charge is 0.185 e. The van der Waals surface area contributed by atoms with E-state index in [1.807, 2.05) is 36.4 Å². The number of benzene rings is 2. The van der Waals surface area contributed by atoms with Gasteiger partial charge in [-0.2, -0.15) is 0 Å². The van der Waals surface area contributed by atoms with Crippen molar-refractivity contribution in [2.75, 3.05) is 7.11 Å². The number of ketones is 1. The maximum absolute atomic E-state index is 12.8. The van der Waals surface area contributed by atoms with Gasteiger partial charge in [0, 0.05) is 15.6 Å². The van der Waals surface area contributed by atoms with E-state index >= 15 is 0 Å². The minimum absolute atomic E-state index is 0.0917. The molecular weight excluding hydrogens is 380 g/mol. The summed E-state index contributed by atoms with van der Waals surface area (Å²) in [6.07, 6.45) is 6.35. The van der Waals surface area contributed by atoms with Gasteiger partial charge < -0.3 is 9.84 Å². The van der Waals surface area contributed by atoms with Crippen LogP contribution >= 0.6 is 15.9 Å². The Morgan fingerprint density at radius 3 is 2.52 bits per heavy atom. The first kappa shape index (κ1) is 17.5. The molecule has 128 valence electrons. The summed E-state index contributed by atoms with van der Waals surface area (Å²) in [5.41, 5.74) is 3.48. The highest BCUT2D eigenvalue weighted by Crippen LogP contribution is 2.31. The molecule has 1 saturated carbocycles. The molecule has 2 aromatic carbocycles. The first-order chi connectivity index (χ1) is 12.1. The van der Waals surface area contributed by atoms with E-state index in [-0.39, 0.29) is 11.5 Å². The van der Waals surface area contributed by atoms with Crippen LogP contribution in [0.2, 0.25) is 0 Å². The van der Waals surface area contributed by atoms with Gasteiger partial charge in [-0.25, -0.2) is 0 Å². The van der Waals surface area contributed by atoms with Crippen LogP contribution < -0.4 is 4.74 Å². The number of phenols is 1. The molecule has 1 fully saturated rings. The van der Waals surface area contributed by atoms with Gasteiger partial charge >= 0.3 is 0 Å². The van der Waals surface area contributed by atoms with Gasteiger partial charge in [0.25, 0.3) is 0 Å². The van der Waals surface area contributed by atoms with Crippen molar-refractivity contribution < 1.29 is 14.6 Å². The molecule has 0 bridgehead atoms. The van der Waals surface area contributed by atoms with Gasteiger partial charge in [-0.05, 0) is 60.7 Å². The fourth-order valence-electron chi connectivity index (χ4n) is 2.94. The van der Waals surface area contributed by atoms with Crippen molar-refractivity contribution in [1.29, 1.82) is 0 Å². The number of hydrogen-bond donors (Lipinski definition) is 1. The van der Waals surface area contributed by atoms with Crippen molar-refractivity contribution in [1.82, 2.24) is 0 Å². The zero-order valence-corrected chi connectivity index (χ0v) is 15.5. The summed E-state index contributed by atoms with van der Waals surface area (Å²) >= 11 is 3.53. The van der Waals surface area contributed by atoms with Gasteiger partial charge in [0.1, 0.15) is 0 Å². The molecule has 1 aliphatic rings. The third-order valence-electron chi connectivity index (χ3n) is 4.26. The highest BCUT2D eigenvalue weighted by molar-refractivity contribution is 9.10. The summed E-state index contributed by atoms with van der Waals surface area (Å²) in [6, 6.07) is 13.0. The van der Waals surface area contributed by atoms with E-state index in [0.717, 1.165) is 46.0 Å². The molecule has 0 aliphatic heterocycles. The number of Topliss-reactive ketones (excluding diaryl/α,β-unsaturated/α-hetero) is 1. The van der Waals surface area contributed by atoms with Crippen molar-refractivity contribution in [2.24, 2.45) is 0 Å². The highest BCUT2D eigenvalue weighted by atomic mass is 79.9. The van der Waals surface area contributed by atoms with Crippen LogP contribution in [-0.2, 0) is 4.79 Å². The van der Waals surface area contributed by atoms with Crippen molar-refractivity contribution in [3.8, 4) is 11.5 Å². The molecule has 0 amide bonds. The van der Waals surface area contributed by atoms with Crippen LogP contribution in [0.15, 0.2) is 58.1 Å². The Labute approximate surface area is 155 Å². The molecule has 1 aliphatic carbocycles. The number of methoxy groups -OCH3 is 1. The fraction of sp³-hybridized carbons (Fsp3) is 0.190. The second-order valence-electron chi connectivity index (χ2n) is 5.97. The molecule has 25 heavy (non-hydrogen) atoms. The normalized spacial score (nSPS) is 17.9. The van der Waals surface area contributed by atoms with E-state index in [0.29, 0.717) is 5.75 Å². The van der Waals surface area contributed by atoms with E-state index in [4.69, 9.17) is 4.74 Å². The van der Waals surface area contributed by atoms with Crippen molar-refractivity contribution in [3.05, 3.63) is 69.2 Å². The van der Waals surface area contributed by atoms with Crippen LogP contribution in [0.25, 0.3) is 12.2 Å². The lowest BCUT2D eigenvalue weighted by Gasteiger charge is -2.17. The number of halogens is 1. The molecule has 0 unspecified atom stereocenters. The number of aromatic hydroxyl groups is 1. The van der Waals surface area contributed by atoms with Crippen LogP contribution in [0, 0.1) is 0 Å². The number of carbonyl (C=O) groups excluding carboxylic acids is 1. The molecule has 0 radical (unpaired) electrons. The first-order valence-corrected chi connectivity index (χ1v) is 8.95. The molecule has 2 aromatic rings. The first-order valence-electron chi connectivity index (χ1n) is 8.16. The van der Waals surface area contributed by atoms with Gasteiger partial charge in [0.05, 0.1) is 7.11 Å². The van der Waals surface area contributed by atoms with Gasteiger partial charge in [0.15, 0.2) is 17.3 Å². The zero-order valence-electron chi connectivity index (χ0n) is 14.0. The minimum atomic E-state index is 0.0917. The largest absolute Gasteiger partial charge is 0.504 e. The highest BCUT2D eigenvalue weighted by Gasteiger charge is 2.20. The van der Waals surface area contributed by atoms with E-state index in [2.05, 4.69) is 15.9 Å². The molecule has 0 atom stereocenters. The standard InChI is InChI=1S/C21H19BrO3/c1-25-20-12-14(9-10-19(20)23)11-16-6-4-7-17(21(16)24)13-15-5-2-3-8-18(15)22/h2-3,5,8-13,23H,4,6-7H2,1H3/b16-11+,17-13+. The van der Waals surface area contributed by atoms with Crippen LogP contribution in [0.5, 0.6) is 11.5 Å². The molecule has 3 rings (SSSR count). The van der Waals surface area contributed by atoms with Gasteiger partial charge in [-0.1, -0.05) is 40.2 Å². The summed E-state index contributed by atoms with van der Waals surface area (Å²) in [5, 5.41) is 9.70. The lowest BCUT2D eigenvalue weighted by Crippen LogP contribution is -2.12. The quantitative estimate of drug-likeness (QED) is 0.705. The molecule has 0 saturated heterocycles. The SMILES string of the molecule is COc1cc(/C=C2\CCC/C(=C\c3ccccc3Br)C2=O)ccc1O. The van der Waals surface area contributed by atoms with E-state index < -0.39 is 0 Å². The Bertz CT molecular complexity index is 865. The average Bonchev–Trinajstić information content (AvgIpc) is 2.62. The summed E-state index contributed by atoms with van der Waals surface area (Å²) in [7, 11) is 1.51. The number of allylic oxidation sites excluding steroid dienone is 2. The lowest BCUT2D eigenvalue weighted by atomic mass is 9.87. The Morgan fingerprint density at radius 2 is 1.80 bits per heavy atom. The average molecular weight is 399 g/mol. The Morgan fingerprint density at radius 1 is 1.08 bits per heavy atom. The molecule has 0 heterocycles. The maximum Gasteiger partial charge on any atom is 0.185 e. The van der Waals surface area contributed by atoms with Crippen LogP contribution in [0.4, 0.5) is 0 Å². The summed E-state index contributed by atoms with van der Waals surface area (Å²) in [5.74, 6) is 0.588. The van der Waals surface area contributed by atoms with Crippen molar-refractivity contribution >= 4 is 33.9 Å². The molecule has 1 N–H and O–H groups in total. The molecular formula is C21H19BrO3. The van der Waals surface area contributed by atoms with Crippen LogP contribution in [-0.4, -0.2) is 18.0 Å². The third kappa shape index (κ3) is 4.02. The predicted molar refractivity (Wildman–Crippen MR) is 104 cm³/mol. The Balaban J connectivity index is 1.91. The number of rotatable bonds is 3. The second kappa shape index (κ2) is 7.70. The topological polar surface area (TPSA) is 46.5 Å². The van der Waals surface area contributed by atoms with Crippen LogP contribution in [0.3, 0.4) is 0 Å². The molecule has 3 nitrogen and oxygen atoms in total. The molecule has 4 heteroatoms. The predicted octanol–water partition coefficient (Wildman–Crippen LogP) is 5.38. The van der Waals surface area contributed by atoms with E-state index in [1.54, 1.807) is 18.2 Å². The maximum atomic E-state index is 12.8. The van der Waals surface area contributed by atoms with Gasteiger partial charge in [0.2, 0.25) is 0 Å². The van der Waals surface area contributed by atoms with Gasteiger partial charge in [-0.15, -0.1) is 0 Å².